The van der Waals surface area contributed by atoms with E-state index in [1.807, 2.05) is 37.5 Å². The number of rotatable bonds is 6. The van der Waals surface area contributed by atoms with Gasteiger partial charge in [0.05, 0.1) is 31.4 Å². The molecule has 0 aliphatic rings. The van der Waals surface area contributed by atoms with E-state index in [0.29, 0.717) is 30.9 Å². The van der Waals surface area contributed by atoms with E-state index in [2.05, 4.69) is 26.3 Å². The van der Waals surface area contributed by atoms with Gasteiger partial charge in [-0.05, 0) is 11.6 Å². The first-order valence-corrected chi connectivity index (χ1v) is 9.06. The van der Waals surface area contributed by atoms with Crippen molar-refractivity contribution in [2.75, 3.05) is 0 Å². The van der Waals surface area contributed by atoms with Crippen molar-refractivity contribution in [1.29, 1.82) is 5.26 Å². The Bertz CT molecular complexity index is 1240. The summed E-state index contributed by atoms with van der Waals surface area (Å²) in [6.45, 7) is 0.505. The van der Waals surface area contributed by atoms with Crippen molar-refractivity contribution in [2.45, 2.75) is 19.4 Å². The molecule has 0 radical (unpaired) electrons. The van der Waals surface area contributed by atoms with Crippen LogP contribution in [-0.2, 0) is 20.0 Å². The van der Waals surface area contributed by atoms with Crippen molar-refractivity contribution in [1.82, 2.24) is 34.3 Å². The third kappa shape index (κ3) is 4.11. The summed E-state index contributed by atoms with van der Waals surface area (Å²) in [5, 5.41) is 21.7. The van der Waals surface area contributed by atoms with Crippen LogP contribution in [0, 0.1) is 11.3 Å². The zero-order valence-electron chi connectivity index (χ0n) is 15.8. The predicted molar refractivity (Wildman–Crippen MR) is 105 cm³/mol. The first kappa shape index (κ1) is 18.3. The van der Waals surface area contributed by atoms with Gasteiger partial charge in [0.1, 0.15) is 17.7 Å². The van der Waals surface area contributed by atoms with Crippen LogP contribution in [-0.4, -0.2) is 34.3 Å². The lowest BCUT2D eigenvalue weighted by Crippen LogP contribution is -2.16. The van der Waals surface area contributed by atoms with Gasteiger partial charge >= 0.3 is 0 Å². The summed E-state index contributed by atoms with van der Waals surface area (Å²) < 4.78 is 4.98. The Hall–Kier alpha value is -4.06. The van der Waals surface area contributed by atoms with Crippen molar-refractivity contribution in [3.05, 3.63) is 76.7 Å². The van der Waals surface area contributed by atoms with Crippen LogP contribution >= 0.6 is 0 Å². The van der Waals surface area contributed by atoms with Crippen LogP contribution in [0.15, 0.2) is 60.0 Å². The van der Waals surface area contributed by atoms with Gasteiger partial charge in [0.2, 0.25) is 5.43 Å². The van der Waals surface area contributed by atoms with E-state index < -0.39 is 0 Å². The molecule has 0 spiro atoms. The van der Waals surface area contributed by atoms with Crippen LogP contribution in [0.1, 0.15) is 17.7 Å². The molecule has 0 aliphatic carbocycles. The predicted octanol–water partition coefficient (Wildman–Crippen LogP) is 1.73. The van der Waals surface area contributed by atoms with E-state index in [1.54, 1.807) is 32.8 Å². The van der Waals surface area contributed by atoms with Crippen LogP contribution in [0.2, 0.25) is 0 Å². The van der Waals surface area contributed by atoms with E-state index in [-0.39, 0.29) is 5.43 Å². The van der Waals surface area contributed by atoms with E-state index in [0.717, 1.165) is 16.8 Å². The first-order chi connectivity index (χ1) is 14.1. The minimum absolute atomic E-state index is 0.116. The molecule has 0 amide bonds. The second-order valence-electron chi connectivity index (χ2n) is 6.56. The van der Waals surface area contributed by atoms with Crippen LogP contribution in [0.25, 0.3) is 17.1 Å². The molecule has 3 heterocycles. The van der Waals surface area contributed by atoms with Gasteiger partial charge in [0.25, 0.3) is 0 Å². The third-order valence-electron chi connectivity index (χ3n) is 4.38. The van der Waals surface area contributed by atoms with Gasteiger partial charge in [-0.25, -0.2) is 9.67 Å². The van der Waals surface area contributed by atoms with Crippen LogP contribution in [0.3, 0.4) is 0 Å². The van der Waals surface area contributed by atoms with E-state index >= 15 is 0 Å². The lowest BCUT2D eigenvalue weighted by atomic mass is 10.1. The monoisotopic (exact) mass is 386 g/mol. The molecule has 9 heteroatoms. The van der Waals surface area contributed by atoms with Gasteiger partial charge in [0, 0.05) is 31.3 Å². The smallest absolute Gasteiger partial charge is 0.203 e. The maximum atomic E-state index is 12.3. The topological polar surface area (TPSA) is 107 Å². The quantitative estimate of drug-likeness (QED) is 0.499. The molecule has 9 nitrogen and oxygen atoms in total. The molecular weight excluding hydrogens is 368 g/mol. The Morgan fingerprint density at radius 3 is 2.90 bits per heavy atom. The van der Waals surface area contributed by atoms with Crippen molar-refractivity contribution >= 4 is 0 Å². The molecule has 0 saturated heterocycles. The lowest BCUT2D eigenvalue weighted by molar-refractivity contribution is 0.627. The second kappa shape index (κ2) is 7.90. The third-order valence-corrected chi connectivity index (χ3v) is 4.38. The Kier molecular flexibility index (Phi) is 4.99. The molecule has 0 aliphatic heterocycles. The fourth-order valence-electron chi connectivity index (χ4n) is 2.95. The average molecular weight is 386 g/mol. The highest BCUT2D eigenvalue weighted by atomic mass is 16.1. The minimum atomic E-state index is -0.116. The number of nitrogens with zero attached hydrogens (tertiary/aromatic N) is 8. The van der Waals surface area contributed by atoms with Crippen LogP contribution in [0.4, 0.5) is 0 Å². The molecule has 0 N–H and O–H groups in total. The maximum absolute atomic E-state index is 12.3. The highest BCUT2D eigenvalue weighted by molar-refractivity contribution is 5.55. The average Bonchev–Trinajstić information content (AvgIpc) is 3.37. The largest absolute Gasteiger partial charge is 0.288 e. The molecule has 144 valence electrons. The molecule has 0 fully saturated rings. The van der Waals surface area contributed by atoms with Gasteiger partial charge in [-0.1, -0.05) is 18.2 Å². The molecule has 3 aromatic heterocycles. The van der Waals surface area contributed by atoms with Crippen LogP contribution < -0.4 is 5.43 Å². The number of aryl methyl sites for hydroxylation is 2. The molecule has 4 aromatic rings. The fourth-order valence-corrected chi connectivity index (χ4v) is 2.95. The summed E-state index contributed by atoms with van der Waals surface area (Å²) in [4.78, 5) is 16.6. The Balaban J connectivity index is 1.59. The SMILES string of the molecule is Cn1cc(-n2ccc(=O)c(Cc3cccc(-c4ncn(CCC#N)n4)c3)n2)cn1. The normalized spacial score (nSPS) is 10.8. The van der Waals surface area contributed by atoms with Crippen molar-refractivity contribution in [2.24, 2.45) is 7.05 Å². The van der Waals surface area contributed by atoms with E-state index in [9.17, 15) is 4.79 Å². The van der Waals surface area contributed by atoms with Gasteiger partial charge < -0.3 is 0 Å². The number of benzene rings is 1. The molecule has 4 rings (SSSR count). The fraction of sp³-hybridized carbons (Fsp3) is 0.200. The standard InChI is InChI=1S/C20H18N8O/c1-26-13-17(12-23-26)28-9-6-19(29)18(24-28)11-15-4-2-5-16(10-15)20-22-14-27(25-20)8-3-7-21/h2,4-6,9-10,12-14H,3,8,11H2,1H3. The molecule has 0 bridgehead atoms. The molecule has 29 heavy (non-hydrogen) atoms. The highest BCUT2D eigenvalue weighted by Gasteiger charge is 2.09. The molecule has 0 atom stereocenters. The van der Waals surface area contributed by atoms with Crippen molar-refractivity contribution in [3.8, 4) is 23.1 Å². The summed E-state index contributed by atoms with van der Waals surface area (Å²) in [5.41, 5.74) is 2.90. The van der Waals surface area contributed by atoms with Crippen LogP contribution in [0.5, 0.6) is 0 Å². The van der Waals surface area contributed by atoms with E-state index in [1.165, 1.54) is 6.07 Å². The number of hydrogen-bond acceptors (Lipinski definition) is 6. The van der Waals surface area contributed by atoms with Crippen molar-refractivity contribution in [3.63, 3.8) is 0 Å². The summed E-state index contributed by atoms with van der Waals surface area (Å²) >= 11 is 0. The summed E-state index contributed by atoms with van der Waals surface area (Å²) in [5.74, 6) is 0.582. The Morgan fingerprint density at radius 1 is 1.21 bits per heavy atom. The van der Waals surface area contributed by atoms with Gasteiger partial charge in [0.15, 0.2) is 5.82 Å². The Labute approximate surface area is 166 Å². The van der Waals surface area contributed by atoms with E-state index in [4.69, 9.17) is 5.26 Å². The second-order valence-corrected chi connectivity index (χ2v) is 6.56. The first-order valence-electron chi connectivity index (χ1n) is 9.06. The minimum Gasteiger partial charge on any atom is -0.288 e. The summed E-state index contributed by atoms with van der Waals surface area (Å²) in [6.07, 6.45) is 7.54. The zero-order valence-corrected chi connectivity index (χ0v) is 15.8. The summed E-state index contributed by atoms with van der Waals surface area (Å²) in [7, 11) is 1.83. The van der Waals surface area contributed by atoms with Crippen molar-refractivity contribution < 1.29 is 0 Å². The number of hydrogen-bond donors (Lipinski definition) is 0. The van der Waals surface area contributed by atoms with Gasteiger partial charge in [-0.2, -0.15) is 20.6 Å². The molecule has 1 aromatic carbocycles. The summed E-state index contributed by atoms with van der Waals surface area (Å²) in [6, 6.07) is 11.3. The van der Waals surface area contributed by atoms with Gasteiger partial charge in [-0.3, -0.25) is 14.2 Å². The zero-order chi connectivity index (χ0) is 20.2. The Morgan fingerprint density at radius 2 is 2.10 bits per heavy atom. The molecule has 0 saturated carbocycles. The maximum Gasteiger partial charge on any atom is 0.203 e. The number of aromatic nitrogens is 7. The number of nitriles is 1. The molecular formula is C20H18N8O. The highest BCUT2D eigenvalue weighted by Crippen LogP contribution is 2.17. The molecule has 0 unspecified atom stereocenters. The van der Waals surface area contributed by atoms with Gasteiger partial charge in [-0.15, -0.1) is 0 Å². The lowest BCUT2D eigenvalue weighted by Gasteiger charge is -2.06.